The van der Waals surface area contributed by atoms with Gasteiger partial charge in [-0.2, -0.15) is 44.4 Å². The summed E-state index contributed by atoms with van der Waals surface area (Å²) >= 11 is 0. The molecule has 0 amide bonds. The maximum atomic E-state index is 12.9. The maximum Gasteiger partial charge on any atom is 0.518 e. The van der Waals surface area contributed by atoms with Gasteiger partial charge in [0.2, 0.25) is 0 Å². The van der Waals surface area contributed by atoms with Crippen molar-refractivity contribution in [2.45, 2.75) is 45.0 Å². The summed E-state index contributed by atoms with van der Waals surface area (Å²) in [6.07, 6.45) is 0. The van der Waals surface area contributed by atoms with Crippen LogP contribution in [0.5, 0.6) is 0 Å². The zero-order valence-electron chi connectivity index (χ0n) is 18.1. The highest BCUT2D eigenvalue weighted by Crippen LogP contribution is 2.31. The Hall–Kier alpha value is -2.64. The third-order valence-corrected chi connectivity index (χ3v) is 6.52. The quantitative estimate of drug-likeness (QED) is 0.361. The molecule has 0 saturated heterocycles. The van der Waals surface area contributed by atoms with Crippen molar-refractivity contribution in [1.29, 1.82) is 0 Å². The molecule has 3 N–H and O–H groups in total. The molecule has 0 bridgehead atoms. The first-order valence-corrected chi connectivity index (χ1v) is 12.2. The molecule has 0 aliphatic heterocycles. The van der Waals surface area contributed by atoms with Crippen molar-refractivity contribution in [3.8, 4) is 0 Å². The van der Waals surface area contributed by atoms with Gasteiger partial charge in [0, 0.05) is 5.56 Å². The van der Waals surface area contributed by atoms with Gasteiger partial charge in [0.1, 0.15) is 0 Å². The van der Waals surface area contributed by atoms with Crippen molar-refractivity contribution in [2.24, 2.45) is 10.9 Å². The first kappa shape index (κ1) is 27.4. The minimum atomic E-state index is -5.87. The molecule has 8 nitrogen and oxygen atoms in total. The van der Waals surface area contributed by atoms with E-state index < -0.39 is 35.7 Å². The maximum absolute atomic E-state index is 12.9. The Kier molecular flexibility index (Phi) is 8.83. The van der Waals surface area contributed by atoms with Crippen molar-refractivity contribution in [3.05, 3.63) is 59.2 Å². The molecule has 2 aromatic rings. The fraction of sp³-hybridized carbons (Fsp3) is 0.316. The number of sulfonamides is 2. The fourth-order valence-corrected chi connectivity index (χ4v) is 3.83. The van der Waals surface area contributed by atoms with Gasteiger partial charge < -0.3 is 0 Å². The molecule has 13 heteroatoms. The second kappa shape index (κ2) is 10.3. The minimum absolute atomic E-state index is 0.0748. The summed E-state index contributed by atoms with van der Waals surface area (Å²) in [5, 5.41) is 3.71. The number of rotatable bonds is 6. The van der Waals surface area contributed by atoms with Crippen LogP contribution in [0.25, 0.3) is 0 Å². The lowest BCUT2D eigenvalue weighted by molar-refractivity contribution is -0.0438. The zero-order chi connectivity index (χ0) is 24.9. The van der Waals surface area contributed by atoms with E-state index in [0.29, 0.717) is 5.56 Å². The van der Waals surface area contributed by atoms with E-state index >= 15 is 0 Å². The number of nitrogens with two attached hydrogens (primary N) is 1. The second-order valence-electron chi connectivity index (χ2n) is 6.37. The molecule has 0 saturated carbocycles. The number of hydrogen-bond acceptors (Lipinski definition) is 6. The van der Waals surface area contributed by atoms with Crippen molar-refractivity contribution < 1.29 is 30.0 Å². The summed E-state index contributed by atoms with van der Waals surface area (Å²) in [6.45, 7) is 8.68. The standard InChI is InChI=1S/C17H19F3N4O4S2.C2H6/c1-11-4-7-14(8-5-11)29(25,26)23-22-13(3)15-10-12(2)6-9-16(15)24(21)30(27,28)17(18,19)20;1-2/h4-10,23H,21H2,1-3H3;1-2H3/b22-13+;. The van der Waals surface area contributed by atoms with E-state index in [0.717, 1.165) is 11.6 Å². The van der Waals surface area contributed by atoms with E-state index in [4.69, 9.17) is 5.84 Å². The predicted molar refractivity (Wildman–Crippen MR) is 118 cm³/mol. The Morgan fingerprint density at radius 2 is 1.47 bits per heavy atom. The van der Waals surface area contributed by atoms with E-state index in [1.165, 1.54) is 31.2 Å². The number of hydrogen-bond donors (Lipinski definition) is 2. The van der Waals surface area contributed by atoms with Crippen LogP contribution in [0.1, 0.15) is 37.5 Å². The lowest BCUT2D eigenvalue weighted by Gasteiger charge is -2.23. The van der Waals surface area contributed by atoms with Gasteiger partial charge in [0.15, 0.2) is 0 Å². The highest BCUT2D eigenvalue weighted by Gasteiger charge is 2.50. The van der Waals surface area contributed by atoms with Crippen molar-refractivity contribution in [2.75, 3.05) is 4.41 Å². The highest BCUT2D eigenvalue weighted by molar-refractivity contribution is 7.93. The molecule has 0 aliphatic carbocycles. The van der Waals surface area contributed by atoms with E-state index in [1.807, 2.05) is 18.7 Å². The normalized spacial score (nSPS) is 12.6. The van der Waals surface area contributed by atoms with Gasteiger partial charge in [0.05, 0.1) is 16.3 Å². The molecule has 0 spiro atoms. The van der Waals surface area contributed by atoms with Crippen LogP contribution in [0.2, 0.25) is 0 Å². The van der Waals surface area contributed by atoms with Crippen LogP contribution in [-0.2, 0) is 20.0 Å². The molecule has 178 valence electrons. The summed E-state index contributed by atoms with van der Waals surface area (Å²) in [4.78, 5) is 1.90. The van der Waals surface area contributed by atoms with Crippen molar-refractivity contribution in [1.82, 2.24) is 4.83 Å². The van der Waals surface area contributed by atoms with Crippen LogP contribution in [0.15, 0.2) is 52.5 Å². The summed E-state index contributed by atoms with van der Waals surface area (Å²) in [5.41, 5.74) is -4.94. The molecular formula is C19H25F3N4O4S2. The monoisotopic (exact) mass is 494 g/mol. The smallest absolute Gasteiger partial charge is 0.233 e. The van der Waals surface area contributed by atoms with Crippen LogP contribution in [0, 0.1) is 13.8 Å². The topological polar surface area (TPSA) is 122 Å². The van der Waals surface area contributed by atoms with Gasteiger partial charge in [-0.25, -0.2) is 5.84 Å². The lowest BCUT2D eigenvalue weighted by Crippen LogP contribution is -2.46. The molecule has 0 fully saturated rings. The zero-order valence-corrected chi connectivity index (χ0v) is 19.7. The Balaban J connectivity index is 0.00000249. The predicted octanol–water partition coefficient (Wildman–Crippen LogP) is 3.56. The number of hydrazine groups is 1. The SMILES string of the molecule is C/C(=N\NS(=O)(=O)c1ccc(C)cc1)c1cc(C)ccc1N(N)S(=O)(=O)C(F)(F)F.CC. The number of hydrazone groups is 1. The van der Waals surface area contributed by atoms with Crippen LogP contribution in [-0.4, -0.2) is 28.1 Å². The molecule has 0 aromatic heterocycles. The second-order valence-corrected chi connectivity index (χ2v) is 9.84. The third kappa shape index (κ3) is 6.20. The van der Waals surface area contributed by atoms with Gasteiger partial charge in [0.25, 0.3) is 10.0 Å². The summed E-state index contributed by atoms with van der Waals surface area (Å²) in [7, 11) is -9.93. The van der Waals surface area contributed by atoms with E-state index in [1.54, 1.807) is 26.0 Å². The highest BCUT2D eigenvalue weighted by atomic mass is 32.2. The average molecular weight is 495 g/mol. The van der Waals surface area contributed by atoms with E-state index in [9.17, 15) is 30.0 Å². The molecule has 0 radical (unpaired) electrons. The number of nitrogens with zero attached hydrogens (tertiary/aromatic N) is 2. The van der Waals surface area contributed by atoms with Crippen molar-refractivity contribution in [3.63, 3.8) is 0 Å². The molecule has 0 aliphatic rings. The number of anilines is 1. The van der Waals surface area contributed by atoms with Crippen LogP contribution < -0.4 is 15.1 Å². The third-order valence-electron chi connectivity index (χ3n) is 4.00. The summed E-state index contributed by atoms with van der Waals surface area (Å²) in [5.74, 6) is 5.27. The Morgan fingerprint density at radius 1 is 0.969 bits per heavy atom. The molecule has 0 unspecified atom stereocenters. The Morgan fingerprint density at radius 3 is 1.97 bits per heavy atom. The minimum Gasteiger partial charge on any atom is -0.233 e. The average Bonchev–Trinajstić information content (AvgIpc) is 2.72. The van der Waals surface area contributed by atoms with Gasteiger partial charge in [-0.05, 0) is 45.0 Å². The Bertz CT molecular complexity index is 1180. The molecule has 2 aromatic carbocycles. The summed E-state index contributed by atoms with van der Waals surface area (Å²) < 4.78 is 86.3. The number of nitrogens with one attached hydrogen (secondary N) is 1. The molecule has 0 heterocycles. The van der Waals surface area contributed by atoms with Gasteiger partial charge >= 0.3 is 15.5 Å². The van der Waals surface area contributed by atoms with Crippen LogP contribution >= 0.6 is 0 Å². The molecular weight excluding hydrogens is 469 g/mol. The molecule has 2 rings (SSSR count). The van der Waals surface area contributed by atoms with Gasteiger partial charge in [-0.15, -0.1) is 0 Å². The molecule has 0 atom stereocenters. The number of halogens is 3. The van der Waals surface area contributed by atoms with Crippen LogP contribution in [0.4, 0.5) is 18.9 Å². The first-order chi connectivity index (χ1) is 14.7. The van der Waals surface area contributed by atoms with Crippen LogP contribution in [0.3, 0.4) is 0 Å². The number of alkyl halides is 3. The lowest BCUT2D eigenvalue weighted by atomic mass is 10.1. The molecule has 32 heavy (non-hydrogen) atoms. The van der Waals surface area contributed by atoms with Crippen molar-refractivity contribution >= 4 is 31.4 Å². The largest absolute Gasteiger partial charge is 0.518 e. The Labute approximate surface area is 186 Å². The van der Waals surface area contributed by atoms with E-state index in [-0.39, 0.29) is 16.2 Å². The fourth-order valence-electron chi connectivity index (χ4n) is 2.33. The van der Waals surface area contributed by atoms with E-state index in [2.05, 4.69) is 5.10 Å². The number of benzene rings is 2. The van der Waals surface area contributed by atoms with Gasteiger partial charge in [-0.3, -0.25) is 0 Å². The number of aryl methyl sites for hydroxylation is 2. The first-order valence-electron chi connectivity index (χ1n) is 9.27. The van der Waals surface area contributed by atoms with Gasteiger partial charge in [-0.1, -0.05) is 43.2 Å². The summed E-state index contributed by atoms with van der Waals surface area (Å²) in [6, 6.07) is 9.64.